The highest BCUT2D eigenvalue weighted by Crippen LogP contribution is 2.24. The van der Waals surface area contributed by atoms with Crippen LogP contribution in [-0.2, 0) is 0 Å². The lowest BCUT2D eigenvalue weighted by atomic mass is 10.1. The van der Waals surface area contributed by atoms with E-state index in [1.165, 1.54) is 16.0 Å². The van der Waals surface area contributed by atoms with Gasteiger partial charge in [-0.25, -0.2) is 4.98 Å². The van der Waals surface area contributed by atoms with E-state index in [0.29, 0.717) is 0 Å². The molecule has 1 aromatic heterocycles. The van der Waals surface area contributed by atoms with Gasteiger partial charge in [-0.05, 0) is 19.9 Å². The Kier molecular flexibility index (Phi) is 4.50. The summed E-state index contributed by atoms with van der Waals surface area (Å²) >= 11 is 1.74. The number of aryl methyl sites for hydroxylation is 2. The normalized spacial score (nSPS) is 9.33. The third kappa shape index (κ3) is 3.17. The highest BCUT2D eigenvalue weighted by molar-refractivity contribution is 7.14. The van der Waals surface area contributed by atoms with Crippen molar-refractivity contribution in [1.82, 2.24) is 4.98 Å². The molecule has 0 aliphatic heterocycles. The SMILES string of the molecule is CC.Cc1cccc(-c2ncc(C)s2)c1. The first-order valence-electron chi connectivity index (χ1n) is 5.25. The van der Waals surface area contributed by atoms with Gasteiger partial charge in [-0.15, -0.1) is 11.3 Å². The third-order valence-electron chi connectivity index (χ3n) is 1.89. The molecular weight excluding hydrogens is 202 g/mol. The lowest BCUT2D eigenvalue weighted by Gasteiger charge is -1.96. The molecule has 0 N–H and O–H groups in total. The third-order valence-corrected chi connectivity index (χ3v) is 2.85. The van der Waals surface area contributed by atoms with E-state index in [9.17, 15) is 0 Å². The van der Waals surface area contributed by atoms with Crippen molar-refractivity contribution >= 4 is 11.3 Å². The smallest absolute Gasteiger partial charge is 0.123 e. The summed E-state index contributed by atoms with van der Waals surface area (Å²) in [5, 5.41) is 1.11. The first-order chi connectivity index (χ1) is 7.25. The zero-order valence-corrected chi connectivity index (χ0v) is 10.6. The van der Waals surface area contributed by atoms with Crippen LogP contribution in [0, 0.1) is 13.8 Å². The van der Waals surface area contributed by atoms with E-state index in [-0.39, 0.29) is 0 Å². The highest BCUT2D eigenvalue weighted by atomic mass is 32.1. The molecule has 2 rings (SSSR count). The summed E-state index contributed by atoms with van der Waals surface area (Å²) in [5.41, 5.74) is 2.50. The second kappa shape index (κ2) is 5.66. The van der Waals surface area contributed by atoms with Crippen LogP contribution in [0.5, 0.6) is 0 Å². The predicted molar refractivity (Wildman–Crippen MR) is 68.4 cm³/mol. The van der Waals surface area contributed by atoms with E-state index >= 15 is 0 Å². The van der Waals surface area contributed by atoms with Crippen molar-refractivity contribution < 1.29 is 0 Å². The molecule has 0 atom stereocenters. The lowest BCUT2D eigenvalue weighted by Crippen LogP contribution is -1.76. The van der Waals surface area contributed by atoms with E-state index < -0.39 is 0 Å². The van der Waals surface area contributed by atoms with Gasteiger partial charge in [0.05, 0.1) is 0 Å². The molecule has 0 radical (unpaired) electrons. The van der Waals surface area contributed by atoms with Gasteiger partial charge in [-0.3, -0.25) is 0 Å². The first kappa shape index (κ1) is 11.9. The molecule has 0 aliphatic rings. The molecule has 80 valence electrons. The van der Waals surface area contributed by atoms with Crippen LogP contribution >= 0.6 is 11.3 Å². The zero-order valence-electron chi connectivity index (χ0n) is 9.74. The summed E-state index contributed by atoms with van der Waals surface area (Å²) in [6, 6.07) is 8.44. The molecule has 15 heavy (non-hydrogen) atoms. The second-order valence-corrected chi connectivity index (χ2v) is 4.38. The Balaban J connectivity index is 0.000000531. The Labute approximate surface area is 95.8 Å². The summed E-state index contributed by atoms with van der Waals surface area (Å²) in [7, 11) is 0. The minimum absolute atomic E-state index is 1.11. The Morgan fingerprint density at radius 1 is 1.13 bits per heavy atom. The molecule has 0 fully saturated rings. The summed E-state index contributed by atoms with van der Waals surface area (Å²) in [4.78, 5) is 5.61. The molecule has 1 aromatic carbocycles. The van der Waals surface area contributed by atoms with Crippen LogP contribution in [0.3, 0.4) is 0 Å². The zero-order chi connectivity index (χ0) is 11.3. The Morgan fingerprint density at radius 3 is 2.40 bits per heavy atom. The van der Waals surface area contributed by atoms with Crippen LogP contribution in [0.15, 0.2) is 30.5 Å². The largest absolute Gasteiger partial charge is 0.244 e. The number of rotatable bonds is 1. The van der Waals surface area contributed by atoms with E-state index in [2.05, 4.69) is 43.1 Å². The van der Waals surface area contributed by atoms with Crippen LogP contribution in [0.2, 0.25) is 0 Å². The molecule has 0 saturated carbocycles. The topological polar surface area (TPSA) is 12.9 Å². The van der Waals surface area contributed by atoms with Crippen molar-refractivity contribution in [1.29, 1.82) is 0 Å². The van der Waals surface area contributed by atoms with Gasteiger partial charge < -0.3 is 0 Å². The van der Waals surface area contributed by atoms with Crippen molar-refractivity contribution in [3.05, 3.63) is 40.9 Å². The Morgan fingerprint density at radius 2 is 1.87 bits per heavy atom. The van der Waals surface area contributed by atoms with Crippen LogP contribution in [0.4, 0.5) is 0 Å². The van der Waals surface area contributed by atoms with Crippen molar-refractivity contribution in [3.63, 3.8) is 0 Å². The molecule has 0 spiro atoms. The number of hydrogen-bond acceptors (Lipinski definition) is 2. The summed E-state index contributed by atoms with van der Waals surface area (Å²) < 4.78 is 0. The fourth-order valence-corrected chi connectivity index (χ4v) is 2.03. The number of hydrogen-bond donors (Lipinski definition) is 0. The van der Waals surface area contributed by atoms with Gasteiger partial charge >= 0.3 is 0 Å². The van der Waals surface area contributed by atoms with Crippen LogP contribution in [0.1, 0.15) is 24.3 Å². The minimum Gasteiger partial charge on any atom is -0.244 e. The standard InChI is InChI=1S/C11H11NS.C2H6/c1-8-4-3-5-10(6-8)11-12-7-9(2)13-11;1-2/h3-7H,1-2H3;1-2H3. The second-order valence-electron chi connectivity index (χ2n) is 3.15. The molecule has 0 bridgehead atoms. The van der Waals surface area contributed by atoms with Crippen LogP contribution in [-0.4, -0.2) is 4.98 Å². The summed E-state index contributed by atoms with van der Waals surface area (Å²) in [6.07, 6.45) is 1.92. The molecule has 0 amide bonds. The lowest BCUT2D eigenvalue weighted by molar-refractivity contribution is 1.37. The van der Waals surface area contributed by atoms with Gasteiger partial charge in [0, 0.05) is 16.6 Å². The average molecular weight is 219 g/mol. The monoisotopic (exact) mass is 219 g/mol. The summed E-state index contributed by atoms with van der Waals surface area (Å²) in [6.45, 7) is 8.18. The van der Waals surface area contributed by atoms with Crippen LogP contribution in [0.25, 0.3) is 10.6 Å². The van der Waals surface area contributed by atoms with E-state index in [1.807, 2.05) is 20.0 Å². The fourth-order valence-electron chi connectivity index (χ4n) is 1.27. The van der Waals surface area contributed by atoms with Gasteiger partial charge in [-0.2, -0.15) is 0 Å². The van der Waals surface area contributed by atoms with Gasteiger partial charge in [0.15, 0.2) is 0 Å². The van der Waals surface area contributed by atoms with Crippen LogP contribution < -0.4 is 0 Å². The molecule has 1 nitrogen and oxygen atoms in total. The maximum absolute atomic E-state index is 4.35. The molecular formula is C13H17NS. The van der Waals surface area contributed by atoms with Gasteiger partial charge in [-0.1, -0.05) is 37.6 Å². The molecule has 2 aromatic rings. The van der Waals surface area contributed by atoms with Crippen molar-refractivity contribution in [2.45, 2.75) is 27.7 Å². The maximum atomic E-state index is 4.35. The van der Waals surface area contributed by atoms with E-state index in [4.69, 9.17) is 0 Å². The average Bonchev–Trinajstić information content (AvgIpc) is 2.68. The molecule has 0 aliphatic carbocycles. The number of benzene rings is 1. The van der Waals surface area contributed by atoms with Crippen molar-refractivity contribution in [3.8, 4) is 10.6 Å². The number of aromatic nitrogens is 1. The van der Waals surface area contributed by atoms with Gasteiger partial charge in [0.25, 0.3) is 0 Å². The van der Waals surface area contributed by atoms with Crippen molar-refractivity contribution in [2.24, 2.45) is 0 Å². The summed E-state index contributed by atoms with van der Waals surface area (Å²) in [5.74, 6) is 0. The molecule has 2 heteroatoms. The minimum atomic E-state index is 1.11. The fraction of sp³-hybridized carbons (Fsp3) is 0.308. The number of nitrogens with zero attached hydrogens (tertiary/aromatic N) is 1. The molecule has 0 unspecified atom stereocenters. The van der Waals surface area contributed by atoms with Gasteiger partial charge in [0.2, 0.25) is 0 Å². The van der Waals surface area contributed by atoms with E-state index in [0.717, 1.165) is 5.01 Å². The quantitative estimate of drug-likeness (QED) is 0.690. The maximum Gasteiger partial charge on any atom is 0.123 e. The Hall–Kier alpha value is -1.15. The molecule has 1 heterocycles. The van der Waals surface area contributed by atoms with Crippen molar-refractivity contribution in [2.75, 3.05) is 0 Å². The highest BCUT2D eigenvalue weighted by Gasteiger charge is 2.01. The molecule has 0 saturated heterocycles. The first-order valence-corrected chi connectivity index (χ1v) is 6.07. The van der Waals surface area contributed by atoms with Gasteiger partial charge in [0.1, 0.15) is 5.01 Å². The predicted octanol–water partition coefficient (Wildman–Crippen LogP) is 4.45. The number of thiazole rings is 1. The van der Waals surface area contributed by atoms with E-state index in [1.54, 1.807) is 11.3 Å². The Bertz CT molecular complexity index is 418.